The van der Waals surface area contributed by atoms with Crippen LogP contribution < -0.4 is 10.1 Å². The lowest BCUT2D eigenvalue weighted by atomic mass is 10.0. The first-order chi connectivity index (χ1) is 8.84. The summed E-state index contributed by atoms with van der Waals surface area (Å²) in [6, 6.07) is 9.44. The first-order valence-corrected chi connectivity index (χ1v) is 7.24. The number of benzene rings is 1. The van der Waals surface area contributed by atoms with Gasteiger partial charge in [-0.3, -0.25) is 0 Å². The molecule has 19 heavy (non-hydrogen) atoms. The first kappa shape index (κ1) is 14.4. The van der Waals surface area contributed by atoms with Gasteiger partial charge < -0.3 is 10.1 Å². The van der Waals surface area contributed by atoms with E-state index in [4.69, 9.17) is 4.74 Å². The maximum atomic E-state index is 5.22. The molecule has 2 rings (SSSR count). The Morgan fingerprint density at radius 3 is 2.00 bits per heavy atom. The summed E-state index contributed by atoms with van der Waals surface area (Å²) in [7, 11) is 1.71. The van der Waals surface area contributed by atoms with E-state index in [0.29, 0.717) is 22.9 Å². The van der Waals surface area contributed by atoms with Crippen molar-refractivity contribution in [2.45, 2.75) is 53.1 Å². The van der Waals surface area contributed by atoms with Crippen LogP contribution in [0.2, 0.25) is 0 Å². The Labute approximate surface area is 117 Å². The number of rotatable bonds is 5. The van der Waals surface area contributed by atoms with Gasteiger partial charge in [0.25, 0.3) is 0 Å². The van der Waals surface area contributed by atoms with Crippen molar-refractivity contribution in [3.63, 3.8) is 0 Å². The van der Waals surface area contributed by atoms with Gasteiger partial charge in [-0.05, 0) is 34.9 Å². The topological polar surface area (TPSA) is 21.3 Å². The normalized spacial score (nSPS) is 22.0. The predicted octanol–water partition coefficient (Wildman–Crippen LogP) is 4.17. The molecule has 1 N–H and O–H groups in total. The van der Waals surface area contributed by atoms with Crippen LogP contribution in [-0.2, 0) is 0 Å². The van der Waals surface area contributed by atoms with Crippen molar-refractivity contribution in [3.05, 3.63) is 29.8 Å². The van der Waals surface area contributed by atoms with E-state index in [-0.39, 0.29) is 0 Å². The van der Waals surface area contributed by atoms with Gasteiger partial charge in [-0.15, -0.1) is 0 Å². The van der Waals surface area contributed by atoms with Crippen LogP contribution in [0.25, 0.3) is 0 Å². The second kappa shape index (κ2) is 4.82. The third-order valence-corrected chi connectivity index (χ3v) is 5.31. The molecule has 1 aliphatic carbocycles. The van der Waals surface area contributed by atoms with Crippen LogP contribution in [-0.4, -0.2) is 13.2 Å². The fourth-order valence-electron chi connectivity index (χ4n) is 3.10. The van der Waals surface area contributed by atoms with Crippen molar-refractivity contribution in [1.82, 2.24) is 5.32 Å². The molecule has 1 unspecified atom stereocenters. The minimum Gasteiger partial charge on any atom is -0.497 e. The maximum Gasteiger partial charge on any atom is 0.118 e. The smallest absolute Gasteiger partial charge is 0.118 e. The van der Waals surface area contributed by atoms with E-state index in [2.05, 4.69) is 52.1 Å². The molecule has 0 saturated heterocycles. The standard InChI is InChI=1S/C17H27NO/c1-7-14(12-8-10-13(19-6)11-9-12)18-15-16(2,3)17(15,4)5/h8-11,14-15,18H,7H2,1-6H3. The zero-order chi connectivity index (χ0) is 14.3. The van der Waals surface area contributed by atoms with E-state index >= 15 is 0 Å². The molecular formula is C17H27NO. The minimum absolute atomic E-state index is 0.382. The molecule has 1 aliphatic rings. The lowest BCUT2D eigenvalue weighted by molar-refractivity contribution is 0.413. The zero-order valence-corrected chi connectivity index (χ0v) is 13.1. The SMILES string of the molecule is CCC(NC1C(C)(C)C1(C)C)c1ccc(OC)cc1. The van der Waals surface area contributed by atoms with Gasteiger partial charge in [0, 0.05) is 12.1 Å². The van der Waals surface area contributed by atoms with Crippen molar-refractivity contribution in [1.29, 1.82) is 0 Å². The third-order valence-electron chi connectivity index (χ3n) is 5.31. The lowest BCUT2D eigenvalue weighted by Gasteiger charge is -2.19. The monoisotopic (exact) mass is 261 g/mol. The van der Waals surface area contributed by atoms with E-state index in [9.17, 15) is 0 Å². The van der Waals surface area contributed by atoms with E-state index in [1.54, 1.807) is 7.11 Å². The second-order valence-corrected chi connectivity index (χ2v) is 6.78. The minimum atomic E-state index is 0.382. The highest BCUT2D eigenvalue weighted by molar-refractivity contribution is 5.30. The summed E-state index contributed by atoms with van der Waals surface area (Å²) in [5.74, 6) is 0.922. The Hall–Kier alpha value is -1.02. The van der Waals surface area contributed by atoms with Gasteiger partial charge in [0.1, 0.15) is 5.75 Å². The zero-order valence-electron chi connectivity index (χ0n) is 13.1. The highest BCUT2D eigenvalue weighted by atomic mass is 16.5. The molecule has 2 heteroatoms. The number of methoxy groups -OCH3 is 1. The van der Waals surface area contributed by atoms with Gasteiger partial charge in [0.05, 0.1) is 7.11 Å². The average Bonchev–Trinajstić information content (AvgIpc) is 2.77. The molecule has 1 aromatic carbocycles. The van der Waals surface area contributed by atoms with Crippen molar-refractivity contribution in [2.24, 2.45) is 10.8 Å². The second-order valence-electron chi connectivity index (χ2n) is 6.78. The molecule has 1 aromatic rings. The maximum absolute atomic E-state index is 5.22. The van der Waals surface area contributed by atoms with Crippen LogP contribution >= 0.6 is 0 Å². The van der Waals surface area contributed by atoms with Gasteiger partial charge >= 0.3 is 0 Å². The molecule has 0 spiro atoms. The van der Waals surface area contributed by atoms with E-state index in [1.165, 1.54) is 5.56 Å². The third kappa shape index (κ3) is 2.38. The number of nitrogens with one attached hydrogen (secondary N) is 1. The molecule has 0 aliphatic heterocycles. The fourth-order valence-corrected chi connectivity index (χ4v) is 3.10. The highest BCUT2D eigenvalue weighted by Gasteiger charge is 2.64. The average molecular weight is 261 g/mol. The number of hydrogen-bond donors (Lipinski definition) is 1. The van der Waals surface area contributed by atoms with Gasteiger partial charge in [-0.25, -0.2) is 0 Å². The van der Waals surface area contributed by atoms with E-state index in [0.717, 1.165) is 12.2 Å². The van der Waals surface area contributed by atoms with Crippen molar-refractivity contribution < 1.29 is 4.74 Å². The summed E-state index contributed by atoms with van der Waals surface area (Å²) < 4.78 is 5.22. The molecule has 0 amide bonds. The van der Waals surface area contributed by atoms with Crippen LogP contribution in [0.5, 0.6) is 5.75 Å². The molecule has 106 valence electrons. The molecule has 0 radical (unpaired) electrons. The molecule has 0 heterocycles. The summed E-state index contributed by atoms with van der Waals surface area (Å²) in [6.45, 7) is 11.7. The number of ether oxygens (including phenoxy) is 1. The van der Waals surface area contributed by atoms with Gasteiger partial charge in [0.15, 0.2) is 0 Å². The molecule has 1 atom stereocenters. The summed E-state index contributed by atoms with van der Waals surface area (Å²) in [5, 5.41) is 3.83. The van der Waals surface area contributed by atoms with Crippen LogP contribution in [0.4, 0.5) is 0 Å². The Morgan fingerprint density at radius 1 is 1.11 bits per heavy atom. The van der Waals surface area contributed by atoms with Crippen LogP contribution in [0, 0.1) is 10.8 Å². The fraction of sp³-hybridized carbons (Fsp3) is 0.647. The Kier molecular flexibility index (Phi) is 3.65. The Bertz CT molecular complexity index is 419. The predicted molar refractivity (Wildman–Crippen MR) is 80.5 cm³/mol. The molecule has 1 fully saturated rings. The van der Waals surface area contributed by atoms with Crippen LogP contribution in [0.15, 0.2) is 24.3 Å². The molecular weight excluding hydrogens is 234 g/mol. The van der Waals surface area contributed by atoms with Crippen molar-refractivity contribution in [2.75, 3.05) is 7.11 Å². The van der Waals surface area contributed by atoms with Crippen molar-refractivity contribution >= 4 is 0 Å². The van der Waals surface area contributed by atoms with Gasteiger partial charge in [0.2, 0.25) is 0 Å². The van der Waals surface area contributed by atoms with Crippen molar-refractivity contribution in [3.8, 4) is 5.75 Å². The molecule has 0 bridgehead atoms. The first-order valence-electron chi connectivity index (χ1n) is 7.24. The van der Waals surface area contributed by atoms with E-state index in [1.807, 2.05) is 12.1 Å². The van der Waals surface area contributed by atoms with Crippen LogP contribution in [0.1, 0.15) is 52.6 Å². The lowest BCUT2D eigenvalue weighted by Crippen LogP contribution is -2.27. The van der Waals surface area contributed by atoms with E-state index < -0.39 is 0 Å². The summed E-state index contributed by atoms with van der Waals surface area (Å²) in [5.41, 5.74) is 2.11. The molecule has 1 saturated carbocycles. The molecule has 0 aromatic heterocycles. The number of hydrogen-bond acceptors (Lipinski definition) is 2. The Morgan fingerprint density at radius 2 is 1.63 bits per heavy atom. The summed E-state index contributed by atoms with van der Waals surface area (Å²) in [4.78, 5) is 0. The summed E-state index contributed by atoms with van der Waals surface area (Å²) in [6.07, 6.45) is 1.11. The van der Waals surface area contributed by atoms with Gasteiger partial charge in [-0.2, -0.15) is 0 Å². The largest absolute Gasteiger partial charge is 0.497 e. The highest BCUT2D eigenvalue weighted by Crippen LogP contribution is 2.63. The molecule has 2 nitrogen and oxygen atoms in total. The quantitative estimate of drug-likeness (QED) is 0.859. The Balaban J connectivity index is 2.09. The van der Waals surface area contributed by atoms with Crippen LogP contribution in [0.3, 0.4) is 0 Å². The summed E-state index contributed by atoms with van der Waals surface area (Å²) >= 11 is 0. The van der Waals surface area contributed by atoms with Gasteiger partial charge in [-0.1, -0.05) is 46.8 Å².